The highest BCUT2D eigenvalue weighted by molar-refractivity contribution is 6.25. The molecule has 0 spiro atoms. The number of methoxy groups -OCH3 is 1. The van der Waals surface area contributed by atoms with Crippen LogP contribution in [0, 0.1) is 46.3 Å². The summed E-state index contributed by atoms with van der Waals surface area (Å²) in [7, 11) is 3.50. The van der Waals surface area contributed by atoms with Crippen LogP contribution in [0.4, 0.5) is 0 Å². The van der Waals surface area contributed by atoms with Gasteiger partial charge in [-0.2, -0.15) is 0 Å². The molecule has 4 saturated carbocycles. The fourth-order valence-corrected chi connectivity index (χ4v) is 9.62. The SMILES string of the molecule is B[C@H]1C(=O)[C@@H]2[C@H](C[C@H](OC(C)=O)[C@]3(C)[C@@H]([C@H](C)CCC(=O)OC)CC[C@@H]23)[C@@]2(C)CC[C@@H](OC(C)=O)C[C@@H]12. The van der Waals surface area contributed by atoms with Crippen LogP contribution in [0.1, 0.15) is 86.0 Å². The summed E-state index contributed by atoms with van der Waals surface area (Å²) in [5, 5.41) is 0. The molecule has 0 aromatic rings. The minimum Gasteiger partial charge on any atom is -0.469 e. The number of Topliss-reactive ketones (excluding diaryl/α,β-unsaturated/α-hetero) is 1. The monoisotopic (exact) mass is 516 g/mol. The number of fused-ring (bicyclic) bond motifs is 5. The van der Waals surface area contributed by atoms with E-state index in [-0.39, 0.29) is 82.3 Å². The number of carbonyl (C=O) groups is 4. The van der Waals surface area contributed by atoms with Crippen LogP contribution in [0.3, 0.4) is 0 Å². The Balaban J connectivity index is 1.67. The van der Waals surface area contributed by atoms with Crippen LogP contribution < -0.4 is 0 Å². The van der Waals surface area contributed by atoms with E-state index in [9.17, 15) is 19.2 Å². The molecule has 8 heteroatoms. The van der Waals surface area contributed by atoms with Crippen molar-refractivity contribution in [1.82, 2.24) is 0 Å². The van der Waals surface area contributed by atoms with Crippen LogP contribution in [0.15, 0.2) is 0 Å². The molecule has 4 fully saturated rings. The Morgan fingerprint density at radius 3 is 2.30 bits per heavy atom. The molecule has 7 nitrogen and oxygen atoms in total. The van der Waals surface area contributed by atoms with Gasteiger partial charge in [-0.05, 0) is 85.8 Å². The van der Waals surface area contributed by atoms with E-state index in [1.165, 1.54) is 21.0 Å². The fourth-order valence-electron chi connectivity index (χ4n) is 9.62. The molecule has 0 amide bonds. The summed E-state index contributed by atoms with van der Waals surface area (Å²) >= 11 is 0. The molecule has 0 saturated heterocycles. The number of esters is 3. The van der Waals surface area contributed by atoms with Crippen LogP contribution in [0.2, 0.25) is 5.82 Å². The highest BCUT2D eigenvalue weighted by Crippen LogP contribution is 2.69. The Bertz CT molecular complexity index is 935. The molecule has 37 heavy (non-hydrogen) atoms. The number of rotatable bonds is 6. The first-order valence-electron chi connectivity index (χ1n) is 14.3. The molecule has 0 aromatic carbocycles. The molecule has 4 rings (SSSR count). The number of hydrogen-bond acceptors (Lipinski definition) is 7. The minimum atomic E-state index is -0.310. The van der Waals surface area contributed by atoms with E-state index < -0.39 is 0 Å². The van der Waals surface area contributed by atoms with E-state index in [4.69, 9.17) is 14.2 Å². The maximum atomic E-state index is 14.2. The molecule has 4 aliphatic carbocycles. The molecule has 4 aliphatic rings. The van der Waals surface area contributed by atoms with Crippen molar-refractivity contribution in [2.24, 2.45) is 46.3 Å². The fraction of sp³-hybridized carbons (Fsp3) is 0.862. The summed E-state index contributed by atoms with van der Waals surface area (Å²) in [6, 6.07) is 0. The van der Waals surface area contributed by atoms with Crippen LogP contribution >= 0.6 is 0 Å². The molecule has 11 atom stereocenters. The quantitative estimate of drug-likeness (QED) is 0.300. The Labute approximate surface area is 222 Å². The standard InChI is InChI=1S/C29H45BO7/c1-15(7-10-24(33)35-6)19-8-9-20-25-21(14-23(29(19,20)5)37-17(3)32)28(4)12-11-18(36-16(2)31)13-22(28)26(30)27(25)34/h15,18-23,25-26H,7-14,30H2,1-6H3/t15-,18-,19-,20+,21+,22+,23+,25+,26-,28-,29-/m1/s1. The summed E-state index contributed by atoms with van der Waals surface area (Å²) in [5.41, 5.74) is -0.376. The van der Waals surface area contributed by atoms with Gasteiger partial charge in [0.25, 0.3) is 0 Å². The number of ether oxygens (including phenoxy) is 3. The van der Waals surface area contributed by atoms with Gasteiger partial charge in [-0.25, -0.2) is 0 Å². The van der Waals surface area contributed by atoms with E-state index in [0.717, 1.165) is 38.5 Å². The lowest BCUT2D eigenvalue weighted by Crippen LogP contribution is -2.63. The normalized spacial score (nSPS) is 43.6. The summed E-state index contributed by atoms with van der Waals surface area (Å²) in [6.07, 6.45) is 5.76. The van der Waals surface area contributed by atoms with Crippen molar-refractivity contribution in [3.8, 4) is 0 Å². The second kappa shape index (κ2) is 10.4. The Morgan fingerprint density at radius 2 is 1.68 bits per heavy atom. The van der Waals surface area contributed by atoms with E-state index in [2.05, 4.69) is 28.6 Å². The highest BCUT2D eigenvalue weighted by atomic mass is 16.5. The topological polar surface area (TPSA) is 96.0 Å². The molecule has 0 bridgehead atoms. The summed E-state index contributed by atoms with van der Waals surface area (Å²) in [5.74, 6) is 0.441. The van der Waals surface area contributed by atoms with Crippen molar-refractivity contribution in [1.29, 1.82) is 0 Å². The molecule has 0 unspecified atom stereocenters. The second-order valence-electron chi connectivity index (χ2n) is 13.0. The maximum absolute atomic E-state index is 14.2. The summed E-state index contributed by atoms with van der Waals surface area (Å²) in [4.78, 5) is 50.0. The van der Waals surface area contributed by atoms with E-state index in [1.54, 1.807) is 0 Å². The van der Waals surface area contributed by atoms with Crippen molar-refractivity contribution in [2.45, 2.75) is 104 Å². The lowest BCUT2D eigenvalue weighted by molar-refractivity contribution is -0.197. The number of ketones is 1. The third-order valence-corrected chi connectivity index (χ3v) is 11.4. The third kappa shape index (κ3) is 4.75. The Morgan fingerprint density at radius 1 is 1.00 bits per heavy atom. The molecule has 206 valence electrons. The van der Waals surface area contributed by atoms with E-state index in [1.807, 2.05) is 0 Å². The number of hydrogen-bond donors (Lipinski definition) is 0. The maximum Gasteiger partial charge on any atom is 0.305 e. The lowest BCUT2D eigenvalue weighted by atomic mass is 9.39. The first-order chi connectivity index (χ1) is 17.3. The molecular weight excluding hydrogens is 471 g/mol. The zero-order valence-corrected chi connectivity index (χ0v) is 23.7. The van der Waals surface area contributed by atoms with Crippen molar-refractivity contribution < 1.29 is 33.4 Å². The molecule has 0 aromatic heterocycles. The minimum absolute atomic E-state index is 0.0452. The van der Waals surface area contributed by atoms with Gasteiger partial charge in [-0.3, -0.25) is 19.2 Å². The smallest absolute Gasteiger partial charge is 0.305 e. The van der Waals surface area contributed by atoms with Gasteiger partial charge in [0, 0.05) is 31.6 Å². The number of carbonyl (C=O) groups excluding carboxylic acids is 4. The van der Waals surface area contributed by atoms with Crippen LogP contribution in [0.5, 0.6) is 0 Å². The van der Waals surface area contributed by atoms with Gasteiger partial charge >= 0.3 is 17.9 Å². The molecule has 0 radical (unpaired) electrons. The first-order valence-corrected chi connectivity index (χ1v) is 14.3. The molecule has 0 aliphatic heterocycles. The van der Waals surface area contributed by atoms with Crippen molar-refractivity contribution in [2.75, 3.05) is 7.11 Å². The van der Waals surface area contributed by atoms with Gasteiger partial charge in [0.15, 0.2) is 0 Å². The van der Waals surface area contributed by atoms with E-state index >= 15 is 0 Å². The van der Waals surface area contributed by atoms with Gasteiger partial charge < -0.3 is 14.2 Å². The van der Waals surface area contributed by atoms with Crippen molar-refractivity contribution in [3.63, 3.8) is 0 Å². The van der Waals surface area contributed by atoms with Crippen molar-refractivity contribution >= 4 is 31.5 Å². The van der Waals surface area contributed by atoms with Gasteiger partial charge in [0.1, 0.15) is 25.8 Å². The van der Waals surface area contributed by atoms with Crippen LogP contribution in [-0.2, 0) is 33.4 Å². The van der Waals surface area contributed by atoms with Crippen LogP contribution in [0.25, 0.3) is 0 Å². The largest absolute Gasteiger partial charge is 0.469 e. The van der Waals surface area contributed by atoms with Crippen molar-refractivity contribution in [3.05, 3.63) is 0 Å². The zero-order chi connectivity index (χ0) is 27.3. The van der Waals surface area contributed by atoms with Gasteiger partial charge in [-0.15, -0.1) is 0 Å². The predicted octanol–water partition coefficient (Wildman–Crippen LogP) is 3.92. The first kappa shape index (κ1) is 28.2. The zero-order valence-electron chi connectivity index (χ0n) is 23.7. The summed E-state index contributed by atoms with van der Waals surface area (Å²) < 4.78 is 16.6. The highest BCUT2D eigenvalue weighted by Gasteiger charge is 2.68. The van der Waals surface area contributed by atoms with Gasteiger partial charge in [-0.1, -0.05) is 20.8 Å². The van der Waals surface area contributed by atoms with Gasteiger partial charge in [0.05, 0.1) is 7.11 Å². The van der Waals surface area contributed by atoms with Gasteiger partial charge in [0.2, 0.25) is 0 Å². The summed E-state index contributed by atoms with van der Waals surface area (Å²) in [6.45, 7) is 9.71. The Hall–Kier alpha value is -1.86. The molecular formula is C29H45BO7. The average Bonchev–Trinajstić information content (AvgIpc) is 3.19. The van der Waals surface area contributed by atoms with Crippen LogP contribution in [-0.4, -0.2) is 50.9 Å². The predicted molar refractivity (Wildman–Crippen MR) is 140 cm³/mol. The third-order valence-electron chi connectivity index (χ3n) is 11.4. The second-order valence-corrected chi connectivity index (χ2v) is 13.0. The molecule has 0 heterocycles. The Kier molecular flexibility index (Phi) is 7.89. The lowest BCUT2D eigenvalue weighted by Gasteiger charge is -2.63. The van der Waals surface area contributed by atoms with E-state index in [0.29, 0.717) is 18.6 Å². The molecule has 0 N–H and O–H groups in total. The average molecular weight is 516 g/mol.